The molecule has 3 rings (SSSR count). The van der Waals surface area contributed by atoms with E-state index < -0.39 is 0 Å². The fourth-order valence-electron chi connectivity index (χ4n) is 2.70. The molecular weight excluding hydrogens is 306 g/mol. The zero-order chi connectivity index (χ0) is 17.1. The number of rotatable bonds is 3. The summed E-state index contributed by atoms with van der Waals surface area (Å²) in [4.78, 5) is 28.8. The van der Waals surface area contributed by atoms with Crippen LogP contribution >= 0.6 is 0 Å². The number of morpholine rings is 1. The van der Waals surface area contributed by atoms with Crippen LogP contribution in [-0.4, -0.2) is 59.6 Å². The van der Waals surface area contributed by atoms with Gasteiger partial charge in [-0.25, -0.2) is 9.97 Å². The lowest BCUT2D eigenvalue weighted by molar-refractivity contribution is -0.0247. The third kappa shape index (κ3) is 3.51. The van der Waals surface area contributed by atoms with Gasteiger partial charge >= 0.3 is 0 Å². The minimum atomic E-state index is -0.231. The monoisotopic (exact) mass is 327 g/mol. The second-order valence-corrected chi connectivity index (χ2v) is 6.02. The van der Waals surface area contributed by atoms with Gasteiger partial charge in [0.2, 0.25) is 0 Å². The molecule has 0 bridgehead atoms. The number of hydrogen-bond acceptors (Lipinski definition) is 6. The molecule has 0 unspecified atom stereocenters. The number of aromatic nitrogens is 3. The normalized spacial score (nSPS) is 17.6. The highest BCUT2D eigenvalue weighted by molar-refractivity contribution is 5.93. The van der Waals surface area contributed by atoms with E-state index in [-0.39, 0.29) is 12.0 Å². The quantitative estimate of drug-likeness (QED) is 0.850. The van der Waals surface area contributed by atoms with E-state index in [0.29, 0.717) is 25.3 Å². The molecule has 1 amide bonds. The summed E-state index contributed by atoms with van der Waals surface area (Å²) in [5.74, 6) is -0.0793. The van der Waals surface area contributed by atoms with Crippen LogP contribution in [-0.2, 0) is 4.74 Å². The Morgan fingerprint density at radius 3 is 2.75 bits per heavy atom. The molecule has 24 heavy (non-hydrogen) atoms. The van der Waals surface area contributed by atoms with E-state index in [2.05, 4.69) is 15.0 Å². The topological polar surface area (TPSA) is 71.5 Å². The number of aryl methyl sites for hydroxylation is 1. The van der Waals surface area contributed by atoms with E-state index in [4.69, 9.17) is 4.74 Å². The number of nitrogens with zero attached hydrogens (tertiary/aromatic N) is 5. The first-order valence-electron chi connectivity index (χ1n) is 7.86. The Hall–Kier alpha value is -2.54. The number of pyridine rings is 1. The lowest BCUT2D eigenvalue weighted by Crippen LogP contribution is -2.42. The predicted octanol–water partition coefficient (Wildman–Crippen LogP) is 1.46. The van der Waals surface area contributed by atoms with Crippen molar-refractivity contribution in [2.24, 2.45) is 0 Å². The largest absolute Gasteiger partial charge is 0.378 e. The molecule has 126 valence electrons. The zero-order valence-electron chi connectivity index (χ0n) is 14.1. The van der Waals surface area contributed by atoms with Crippen molar-refractivity contribution >= 4 is 11.6 Å². The maximum absolute atomic E-state index is 12.6. The van der Waals surface area contributed by atoms with Crippen molar-refractivity contribution in [2.45, 2.75) is 13.0 Å². The van der Waals surface area contributed by atoms with Gasteiger partial charge in [-0.2, -0.15) is 0 Å². The van der Waals surface area contributed by atoms with Gasteiger partial charge in [0, 0.05) is 44.4 Å². The summed E-state index contributed by atoms with van der Waals surface area (Å²) in [6, 6.07) is 4.04. The van der Waals surface area contributed by atoms with Crippen LogP contribution < -0.4 is 4.90 Å². The Labute approximate surface area is 141 Å². The molecule has 1 saturated heterocycles. The Morgan fingerprint density at radius 2 is 2.04 bits per heavy atom. The van der Waals surface area contributed by atoms with Crippen molar-refractivity contribution in [3.8, 4) is 0 Å². The molecule has 1 aliphatic rings. The van der Waals surface area contributed by atoms with E-state index in [0.717, 1.165) is 17.1 Å². The average molecular weight is 327 g/mol. The van der Waals surface area contributed by atoms with Crippen LogP contribution in [0.25, 0.3) is 0 Å². The number of anilines is 1. The summed E-state index contributed by atoms with van der Waals surface area (Å²) >= 11 is 0. The average Bonchev–Trinajstić information content (AvgIpc) is 2.61. The molecule has 7 nitrogen and oxygen atoms in total. The molecule has 2 aromatic rings. The van der Waals surface area contributed by atoms with Gasteiger partial charge in [0.25, 0.3) is 5.91 Å². The number of hydrogen-bond donors (Lipinski definition) is 0. The van der Waals surface area contributed by atoms with Gasteiger partial charge < -0.3 is 14.5 Å². The molecule has 1 fully saturated rings. The smallest absolute Gasteiger partial charge is 0.257 e. The highest BCUT2D eigenvalue weighted by Crippen LogP contribution is 2.25. The first kappa shape index (κ1) is 16.3. The van der Waals surface area contributed by atoms with Crippen LogP contribution in [0.1, 0.15) is 27.8 Å². The maximum atomic E-state index is 12.6. The predicted molar refractivity (Wildman–Crippen MR) is 89.9 cm³/mol. The van der Waals surface area contributed by atoms with Crippen LogP contribution in [0.15, 0.2) is 30.9 Å². The lowest BCUT2D eigenvalue weighted by atomic mass is 10.1. The minimum Gasteiger partial charge on any atom is -0.378 e. The molecule has 7 heteroatoms. The highest BCUT2D eigenvalue weighted by atomic mass is 16.5. The molecule has 0 spiro atoms. The van der Waals surface area contributed by atoms with Crippen molar-refractivity contribution in [1.29, 1.82) is 0 Å². The van der Waals surface area contributed by atoms with Crippen molar-refractivity contribution in [2.75, 3.05) is 38.7 Å². The third-order valence-electron chi connectivity index (χ3n) is 3.97. The molecule has 0 N–H and O–H groups in total. The van der Waals surface area contributed by atoms with E-state index in [1.165, 1.54) is 18.7 Å². The second-order valence-electron chi connectivity index (χ2n) is 6.02. The molecule has 0 aromatic carbocycles. The fourth-order valence-corrected chi connectivity index (χ4v) is 2.70. The summed E-state index contributed by atoms with van der Waals surface area (Å²) in [7, 11) is 3.98. The number of amides is 1. The second kappa shape index (κ2) is 6.92. The molecule has 2 aromatic heterocycles. The van der Waals surface area contributed by atoms with E-state index in [9.17, 15) is 4.79 Å². The molecule has 3 heterocycles. The number of ether oxygens (including phenoxy) is 1. The Bertz CT molecular complexity index is 720. The van der Waals surface area contributed by atoms with Gasteiger partial charge in [0.05, 0.1) is 24.4 Å². The summed E-state index contributed by atoms with van der Waals surface area (Å²) in [5.41, 5.74) is 3.34. The Morgan fingerprint density at radius 1 is 1.29 bits per heavy atom. The van der Waals surface area contributed by atoms with E-state index >= 15 is 0 Å². The highest BCUT2D eigenvalue weighted by Gasteiger charge is 2.27. The summed E-state index contributed by atoms with van der Waals surface area (Å²) in [5, 5.41) is 0. The Balaban J connectivity index is 1.80. The maximum Gasteiger partial charge on any atom is 0.257 e. The van der Waals surface area contributed by atoms with Crippen LogP contribution in [0.5, 0.6) is 0 Å². The molecule has 0 aliphatic carbocycles. The molecule has 1 atom stereocenters. The van der Waals surface area contributed by atoms with Crippen molar-refractivity contribution in [1.82, 2.24) is 19.9 Å². The fraction of sp³-hybridized carbons (Fsp3) is 0.412. The van der Waals surface area contributed by atoms with Gasteiger partial charge in [-0.3, -0.25) is 9.78 Å². The van der Waals surface area contributed by atoms with E-state index in [1.807, 2.05) is 38.1 Å². The zero-order valence-corrected chi connectivity index (χ0v) is 14.1. The van der Waals surface area contributed by atoms with Gasteiger partial charge in [0.15, 0.2) is 0 Å². The number of carbonyl (C=O) groups excluding carboxylic acids is 1. The first-order chi connectivity index (χ1) is 11.5. The van der Waals surface area contributed by atoms with Gasteiger partial charge in [-0.15, -0.1) is 0 Å². The molecule has 0 saturated carbocycles. The van der Waals surface area contributed by atoms with Crippen molar-refractivity contribution < 1.29 is 9.53 Å². The minimum absolute atomic E-state index is 0.0793. The van der Waals surface area contributed by atoms with E-state index in [1.54, 1.807) is 4.90 Å². The molecular formula is C17H21N5O2. The summed E-state index contributed by atoms with van der Waals surface area (Å²) in [6.07, 6.45) is 4.26. The van der Waals surface area contributed by atoms with Crippen LogP contribution in [0.3, 0.4) is 0 Å². The van der Waals surface area contributed by atoms with Gasteiger partial charge in [-0.05, 0) is 19.1 Å². The number of carbonyl (C=O) groups is 1. The van der Waals surface area contributed by atoms with Crippen molar-refractivity contribution in [3.05, 3.63) is 47.8 Å². The van der Waals surface area contributed by atoms with Crippen LogP contribution in [0.4, 0.5) is 5.69 Å². The van der Waals surface area contributed by atoms with Gasteiger partial charge in [0.1, 0.15) is 12.4 Å². The Kier molecular flexibility index (Phi) is 4.71. The lowest BCUT2D eigenvalue weighted by Gasteiger charge is -2.33. The standard InChI is InChI=1S/C17H21N5O2/c1-12-6-14(21(2)3)7-15(20-12)16-10-22(4-5-24-16)17(23)13-8-18-11-19-9-13/h6-9,11,16H,4-5,10H2,1-3H3/t16-/m1/s1. The van der Waals surface area contributed by atoms with Gasteiger partial charge in [-0.1, -0.05) is 0 Å². The summed E-state index contributed by atoms with van der Waals surface area (Å²) < 4.78 is 5.86. The van der Waals surface area contributed by atoms with Crippen LogP contribution in [0.2, 0.25) is 0 Å². The first-order valence-corrected chi connectivity index (χ1v) is 7.86. The summed E-state index contributed by atoms with van der Waals surface area (Å²) in [6.45, 7) is 3.47. The molecule has 0 radical (unpaired) electrons. The van der Waals surface area contributed by atoms with Crippen molar-refractivity contribution in [3.63, 3.8) is 0 Å². The third-order valence-corrected chi connectivity index (χ3v) is 3.97. The van der Waals surface area contributed by atoms with Crippen LogP contribution in [0, 0.1) is 6.92 Å². The SMILES string of the molecule is Cc1cc(N(C)C)cc([C@H]2CN(C(=O)c3cncnc3)CCO2)n1. The molecule has 1 aliphatic heterocycles.